The van der Waals surface area contributed by atoms with Gasteiger partial charge in [0, 0.05) is 19.2 Å². The molecule has 3 heterocycles. The van der Waals surface area contributed by atoms with Crippen molar-refractivity contribution in [2.75, 3.05) is 11.5 Å². The molecule has 2 aromatic heterocycles. The standard InChI is InChI=1S/C13H18N4O2S/c14-8-11-1-2-12-15-16-13(17(12)9-11)7-10-3-5-20(18,19)6-4-10/h1-2,9-10H,3-8,14H2. The Kier molecular flexibility index (Phi) is 3.47. The third kappa shape index (κ3) is 2.69. The van der Waals surface area contributed by atoms with E-state index in [1.807, 2.05) is 22.7 Å². The Morgan fingerprint density at radius 1 is 1.25 bits per heavy atom. The van der Waals surface area contributed by atoms with Gasteiger partial charge in [-0.05, 0) is 30.4 Å². The molecule has 0 aromatic carbocycles. The summed E-state index contributed by atoms with van der Waals surface area (Å²) in [4.78, 5) is 0. The molecule has 108 valence electrons. The lowest BCUT2D eigenvalue weighted by molar-refractivity contribution is 0.452. The third-order valence-electron chi connectivity index (χ3n) is 3.92. The van der Waals surface area contributed by atoms with Crippen molar-refractivity contribution in [2.24, 2.45) is 11.7 Å². The van der Waals surface area contributed by atoms with E-state index in [2.05, 4.69) is 10.2 Å². The van der Waals surface area contributed by atoms with Crippen LogP contribution in [0.3, 0.4) is 0 Å². The number of sulfone groups is 1. The Hall–Kier alpha value is -1.47. The largest absolute Gasteiger partial charge is 0.326 e. The van der Waals surface area contributed by atoms with Crippen LogP contribution in [0.25, 0.3) is 5.65 Å². The van der Waals surface area contributed by atoms with Crippen molar-refractivity contribution in [1.82, 2.24) is 14.6 Å². The van der Waals surface area contributed by atoms with Crippen molar-refractivity contribution in [3.63, 3.8) is 0 Å². The lowest BCUT2D eigenvalue weighted by atomic mass is 9.98. The molecule has 2 aromatic rings. The van der Waals surface area contributed by atoms with E-state index in [1.165, 1.54) is 0 Å². The molecular weight excluding hydrogens is 276 g/mol. The van der Waals surface area contributed by atoms with Gasteiger partial charge in [0.1, 0.15) is 15.7 Å². The molecule has 20 heavy (non-hydrogen) atoms. The summed E-state index contributed by atoms with van der Waals surface area (Å²) in [5.74, 6) is 1.84. The van der Waals surface area contributed by atoms with Gasteiger partial charge < -0.3 is 5.73 Å². The number of hydrogen-bond acceptors (Lipinski definition) is 5. The van der Waals surface area contributed by atoms with Gasteiger partial charge in [0.15, 0.2) is 5.65 Å². The van der Waals surface area contributed by atoms with Gasteiger partial charge in [0.2, 0.25) is 0 Å². The van der Waals surface area contributed by atoms with E-state index < -0.39 is 9.84 Å². The molecule has 1 aliphatic heterocycles. The second-order valence-electron chi connectivity index (χ2n) is 5.39. The highest BCUT2D eigenvalue weighted by Crippen LogP contribution is 2.22. The highest BCUT2D eigenvalue weighted by Gasteiger charge is 2.25. The average molecular weight is 294 g/mol. The normalized spacial score (nSPS) is 19.4. The maximum absolute atomic E-state index is 11.4. The predicted octanol–water partition coefficient (Wildman–Crippen LogP) is 0.555. The zero-order valence-corrected chi connectivity index (χ0v) is 12.0. The van der Waals surface area contributed by atoms with Gasteiger partial charge in [-0.1, -0.05) is 6.07 Å². The molecule has 6 nitrogen and oxygen atoms in total. The number of rotatable bonds is 3. The van der Waals surface area contributed by atoms with Gasteiger partial charge >= 0.3 is 0 Å². The minimum Gasteiger partial charge on any atom is -0.326 e. The van der Waals surface area contributed by atoms with Crippen molar-refractivity contribution in [2.45, 2.75) is 25.8 Å². The number of hydrogen-bond donors (Lipinski definition) is 1. The molecule has 0 aliphatic carbocycles. The molecule has 1 saturated heterocycles. The molecule has 1 aliphatic rings. The fraction of sp³-hybridized carbons (Fsp3) is 0.538. The number of fused-ring (bicyclic) bond motifs is 1. The summed E-state index contributed by atoms with van der Waals surface area (Å²) in [6.07, 6.45) is 4.16. The summed E-state index contributed by atoms with van der Waals surface area (Å²) in [7, 11) is -2.81. The van der Waals surface area contributed by atoms with E-state index in [-0.39, 0.29) is 0 Å². The second-order valence-corrected chi connectivity index (χ2v) is 7.69. The Morgan fingerprint density at radius 3 is 2.70 bits per heavy atom. The Morgan fingerprint density at radius 2 is 2.00 bits per heavy atom. The molecule has 0 bridgehead atoms. The minimum atomic E-state index is -2.81. The van der Waals surface area contributed by atoms with Crippen molar-refractivity contribution < 1.29 is 8.42 Å². The monoisotopic (exact) mass is 294 g/mol. The molecule has 0 amide bonds. The summed E-state index contributed by atoms with van der Waals surface area (Å²) in [5, 5.41) is 8.37. The molecule has 0 unspecified atom stereocenters. The molecular formula is C13H18N4O2S. The van der Waals surface area contributed by atoms with Crippen molar-refractivity contribution in [3.05, 3.63) is 29.7 Å². The Bertz CT molecular complexity index is 709. The number of aromatic nitrogens is 3. The summed E-state index contributed by atoms with van der Waals surface area (Å²) in [5.41, 5.74) is 7.49. The fourth-order valence-corrected chi connectivity index (χ4v) is 4.23. The average Bonchev–Trinajstić information content (AvgIpc) is 2.83. The molecule has 0 saturated carbocycles. The molecule has 1 fully saturated rings. The summed E-state index contributed by atoms with van der Waals surface area (Å²) in [6, 6.07) is 3.85. The lowest BCUT2D eigenvalue weighted by Gasteiger charge is -2.20. The zero-order chi connectivity index (χ0) is 14.2. The van der Waals surface area contributed by atoms with E-state index >= 15 is 0 Å². The van der Waals surface area contributed by atoms with Gasteiger partial charge in [-0.3, -0.25) is 4.40 Å². The molecule has 2 N–H and O–H groups in total. The first-order valence-electron chi connectivity index (χ1n) is 6.80. The molecule has 0 radical (unpaired) electrons. The van der Waals surface area contributed by atoms with Crippen LogP contribution in [0, 0.1) is 5.92 Å². The van der Waals surface area contributed by atoms with Crippen LogP contribution < -0.4 is 5.73 Å². The van der Waals surface area contributed by atoms with Gasteiger partial charge in [-0.25, -0.2) is 8.42 Å². The van der Waals surface area contributed by atoms with Crippen molar-refractivity contribution in [3.8, 4) is 0 Å². The van der Waals surface area contributed by atoms with Crippen molar-refractivity contribution >= 4 is 15.5 Å². The van der Waals surface area contributed by atoms with E-state index in [0.29, 0.717) is 36.8 Å². The first kappa shape index (κ1) is 13.5. The molecule has 3 rings (SSSR count). The predicted molar refractivity (Wildman–Crippen MR) is 76.0 cm³/mol. The van der Waals surface area contributed by atoms with Gasteiger partial charge in [0.25, 0.3) is 0 Å². The topological polar surface area (TPSA) is 90.3 Å². The number of nitrogens with two attached hydrogens (primary N) is 1. The third-order valence-corrected chi connectivity index (χ3v) is 5.63. The summed E-state index contributed by atoms with van der Waals surface area (Å²) < 4.78 is 24.9. The van der Waals surface area contributed by atoms with E-state index in [1.54, 1.807) is 0 Å². The fourth-order valence-electron chi connectivity index (χ4n) is 2.64. The maximum Gasteiger partial charge on any atom is 0.160 e. The van der Waals surface area contributed by atoms with Crippen LogP contribution in [0.2, 0.25) is 0 Å². The maximum atomic E-state index is 11.4. The van der Waals surface area contributed by atoms with Crippen molar-refractivity contribution in [1.29, 1.82) is 0 Å². The highest BCUT2D eigenvalue weighted by atomic mass is 32.2. The molecule has 7 heteroatoms. The van der Waals surface area contributed by atoms with Crippen LogP contribution in [-0.2, 0) is 22.8 Å². The lowest BCUT2D eigenvalue weighted by Crippen LogP contribution is -2.25. The van der Waals surface area contributed by atoms with E-state index in [9.17, 15) is 8.42 Å². The molecule has 0 atom stereocenters. The zero-order valence-electron chi connectivity index (χ0n) is 11.2. The summed E-state index contributed by atoms with van der Waals surface area (Å²) >= 11 is 0. The van der Waals surface area contributed by atoms with Crippen LogP contribution >= 0.6 is 0 Å². The quantitative estimate of drug-likeness (QED) is 0.893. The second kappa shape index (κ2) is 5.14. The smallest absolute Gasteiger partial charge is 0.160 e. The van der Waals surface area contributed by atoms with Gasteiger partial charge in [-0.15, -0.1) is 10.2 Å². The number of pyridine rings is 1. The first-order chi connectivity index (χ1) is 9.57. The van der Waals surface area contributed by atoms with E-state index in [4.69, 9.17) is 5.73 Å². The van der Waals surface area contributed by atoms with Crippen LogP contribution in [0.5, 0.6) is 0 Å². The first-order valence-corrected chi connectivity index (χ1v) is 8.62. The van der Waals surface area contributed by atoms with Crippen LogP contribution in [0.4, 0.5) is 0 Å². The van der Waals surface area contributed by atoms with Gasteiger partial charge in [-0.2, -0.15) is 0 Å². The summed E-state index contributed by atoms with van der Waals surface area (Å²) in [6.45, 7) is 0.481. The highest BCUT2D eigenvalue weighted by molar-refractivity contribution is 7.91. The number of nitrogens with zero attached hydrogens (tertiary/aromatic N) is 3. The van der Waals surface area contributed by atoms with Crippen LogP contribution in [-0.4, -0.2) is 34.5 Å². The van der Waals surface area contributed by atoms with Crippen LogP contribution in [0.15, 0.2) is 18.3 Å². The molecule has 0 spiro atoms. The van der Waals surface area contributed by atoms with Gasteiger partial charge in [0.05, 0.1) is 11.5 Å². The Labute approximate surface area is 117 Å². The van der Waals surface area contributed by atoms with E-state index in [0.717, 1.165) is 23.5 Å². The SMILES string of the molecule is NCc1ccc2nnc(CC3CCS(=O)(=O)CC3)n2c1. The minimum absolute atomic E-state index is 0.294. The Balaban J connectivity index is 1.81. The van der Waals surface area contributed by atoms with Crippen LogP contribution in [0.1, 0.15) is 24.2 Å².